The number of carbonyl (C=O) groups excluding carboxylic acids is 1. The van der Waals surface area contributed by atoms with E-state index in [0.717, 1.165) is 51.0 Å². The zero-order valence-electron chi connectivity index (χ0n) is 18.1. The molecule has 4 heterocycles. The molecule has 160 valence electrons. The van der Waals surface area contributed by atoms with Crippen molar-refractivity contribution in [3.8, 4) is 11.9 Å². The molecule has 3 aliphatic heterocycles. The van der Waals surface area contributed by atoms with Gasteiger partial charge < -0.3 is 19.3 Å². The van der Waals surface area contributed by atoms with Crippen LogP contribution in [0.25, 0.3) is 0 Å². The van der Waals surface area contributed by atoms with Gasteiger partial charge in [-0.2, -0.15) is 9.97 Å². The summed E-state index contributed by atoms with van der Waals surface area (Å²) in [7, 11) is 3.20. The minimum atomic E-state index is 0.334. The van der Waals surface area contributed by atoms with Crippen LogP contribution in [-0.2, 0) is 4.79 Å². The molecule has 0 aliphatic carbocycles. The highest BCUT2D eigenvalue weighted by Gasteiger charge is 2.49. The summed E-state index contributed by atoms with van der Waals surface area (Å²) in [6.45, 7) is 6.38. The van der Waals surface area contributed by atoms with E-state index in [1.807, 2.05) is 6.07 Å². The third-order valence-corrected chi connectivity index (χ3v) is 6.92. The van der Waals surface area contributed by atoms with Gasteiger partial charge in [-0.15, -0.1) is 0 Å². The number of anilines is 1. The molecule has 2 bridgehead atoms. The van der Waals surface area contributed by atoms with Crippen LogP contribution in [0.15, 0.2) is 6.07 Å². The quantitative estimate of drug-likeness (QED) is 0.728. The average Bonchev–Trinajstić information content (AvgIpc) is 2.73. The standard InChI is InChI=1S/C22H34N4O3/c1-14(2)8-9-18-16-10-15(17-6-5-7-21(27)26(17)18)12-25(13-16)19-11-20(28-3)24-22(23-19)29-4/h11,14-18H,5-10,12-13H2,1-4H3/t15-,16+,17+,18+/m1/s1. The van der Waals surface area contributed by atoms with Gasteiger partial charge >= 0.3 is 6.01 Å². The Bertz CT molecular complexity index is 719. The molecular weight excluding hydrogens is 368 g/mol. The molecule has 0 radical (unpaired) electrons. The second kappa shape index (κ2) is 8.36. The highest BCUT2D eigenvalue weighted by atomic mass is 16.5. The Labute approximate surface area is 173 Å². The molecule has 1 amide bonds. The lowest BCUT2D eigenvalue weighted by Gasteiger charge is -2.57. The molecule has 4 atom stereocenters. The van der Waals surface area contributed by atoms with E-state index in [1.54, 1.807) is 14.2 Å². The van der Waals surface area contributed by atoms with Crippen LogP contribution < -0.4 is 14.4 Å². The summed E-state index contributed by atoms with van der Waals surface area (Å²) in [6.07, 6.45) is 6.35. The largest absolute Gasteiger partial charge is 0.481 e. The second-order valence-electron chi connectivity index (χ2n) is 9.22. The van der Waals surface area contributed by atoms with Gasteiger partial charge in [-0.25, -0.2) is 0 Å². The minimum absolute atomic E-state index is 0.334. The van der Waals surface area contributed by atoms with E-state index in [0.29, 0.717) is 47.6 Å². The first-order valence-electron chi connectivity index (χ1n) is 11.0. The maximum absolute atomic E-state index is 12.9. The third-order valence-electron chi connectivity index (χ3n) is 6.92. The number of fused-ring (bicyclic) bond motifs is 4. The fourth-order valence-electron chi connectivity index (χ4n) is 5.59. The van der Waals surface area contributed by atoms with Crippen molar-refractivity contribution < 1.29 is 14.3 Å². The Kier molecular flexibility index (Phi) is 5.83. The average molecular weight is 403 g/mol. The lowest BCUT2D eigenvalue weighted by Crippen LogP contribution is -2.65. The Hall–Kier alpha value is -2.05. The Morgan fingerprint density at radius 1 is 1.17 bits per heavy atom. The molecule has 7 heteroatoms. The maximum Gasteiger partial charge on any atom is 0.321 e. The van der Waals surface area contributed by atoms with E-state index in [9.17, 15) is 4.79 Å². The topological polar surface area (TPSA) is 67.8 Å². The summed E-state index contributed by atoms with van der Waals surface area (Å²) in [5, 5.41) is 0. The van der Waals surface area contributed by atoms with Crippen molar-refractivity contribution >= 4 is 11.7 Å². The summed E-state index contributed by atoms with van der Waals surface area (Å²) in [6, 6.07) is 2.95. The van der Waals surface area contributed by atoms with Crippen molar-refractivity contribution in [1.29, 1.82) is 0 Å². The zero-order chi connectivity index (χ0) is 20.5. The number of nitrogens with zero attached hydrogens (tertiary/aromatic N) is 4. The smallest absolute Gasteiger partial charge is 0.321 e. The molecule has 0 unspecified atom stereocenters. The van der Waals surface area contributed by atoms with Gasteiger partial charge in [0.15, 0.2) is 0 Å². The van der Waals surface area contributed by atoms with E-state index in [1.165, 1.54) is 6.42 Å². The van der Waals surface area contributed by atoms with Crippen LogP contribution in [0.1, 0.15) is 52.4 Å². The van der Waals surface area contributed by atoms with E-state index in [-0.39, 0.29) is 0 Å². The summed E-state index contributed by atoms with van der Waals surface area (Å²) in [5.41, 5.74) is 0. The number of aromatic nitrogens is 2. The van der Waals surface area contributed by atoms with Gasteiger partial charge in [0.05, 0.1) is 14.2 Å². The van der Waals surface area contributed by atoms with Crippen LogP contribution in [0.5, 0.6) is 11.9 Å². The van der Waals surface area contributed by atoms with E-state index >= 15 is 0 Å². The van der Waals surface area contributed by atoms with Crippen molar-refractivity contribution in [2.24, 2.45) is 17.8 Å². The number of rotatable bonds is 6. The molecule has 3 saturated heterocycles. The molecule has 0 aromatic carbocycles. The van der Waals surface area contributed by atoms with Crippen molar-refractivity contribution in [3.63, 3.8) is 0 Å². The number of amides is 1. The monoisotopic (exact) mass is 402 g/mol. The molecule has 3 fully saturated rings. The molecule has 0 N–H and O–H groups in total. The van der Waals surface area contributed by atoms with Crippen molar-refractivity contribution in [3.05, 3.63) is 6.07 Å². The third kappa shape index (κ3) is 4.01. The highest BCUT2D eigenvalue weighted by Crippen LogP contribution is 2.44. The van der Waals surface area contributed by atoms with Gasteiger partial charge in [0, 0.05) is 37.7 Å². The summed E-state index contributed by atoms with van der Waals surface area (Å²) in [4.78, 5) is 26.4. The second-order valence-corrected chi connectivity index (χ2v) is 9.22. The lowest BCUT2D eigenvalue weighted by molar-refractivity contribution is -0.149. The van der Waals surface area contributed by atoms with Gasteiger partial charge in [-0.1, -0.05) is 13.8 Å². The molecular formula is C22H34N4O3. The number of piperidine rings is 3. The molecule has 7 nitrogen and oxygen atoms in total. The van der Waals surface area contributed by atoms with Gasteiger partial charge in [-0.05, 0) is 49.9 Å². The Morgan fingerprint density at radius 3 is 2.69 bits per heavy atom. The molecule has 4 rings (SSSR count). The van der Waals surface area contributed by atoms with Crippen LogP contribution in [0.2, 0.25) is 0 Å². The molecule has 29 heavy (non-hydrogen) atoms. The molecule has 1 aromatic heterocycles. The van der Waals surface area contributed by atoms with Crippen LogP contribution >= 0.6 is 0 Å². The maximum atomic E-state index is 12.9. The van der Waals surface area contributed by atoms with Crippen molar-refractivity contribution in [1.82, 2.24) is 14.9 Å². The van der Waals surface area contributed by atoms with Gasteiger partial charge in [0.2, 0.25) is 11.8 Å². The summed E-state index contributed by atoms with van der Waals surface area (Å²) < 4.78 is 10.6. The van der Waals surface area contributed by atoms with E-state index in [4.69, 9.17) is 9.47 Å². The van der Waals surface area contributed by atoms with Gasteiger partial charge in [-0.3, -0.25) is 4.79 Å². The highest BCUT2D eigenvalue weighted by molar-refractivity contribution is 5.78. The first-order chi connectivity index (χ1) is 14.0. The van der Waals surface area contributed by atoms with Crippen LogP contribution in [0.3, 0.4) is 0 Å². The van der Waals surface area contributed by atoms with Crippen LogP contribution in [0, 0.1) is 17.8 Å². The zero-order valence-corrected chi connectivity index (χ0v) is 18.1. The van der Waals surface area contributed by atoms with E-state index in [2.05, 4.69) is 33.6 Å². The Morgan fingerprint density at radius 2 is 1.97 bits per heavy atom. The molecule has 0 spiro atoms. The number of hydrogen-bond donors (Lipinski definition) is 0. The normalized spacial score (nSPS) is 29.1. The minimum Gasteiger partial charge on any atom is -0.481 e. The van der Waals surface area contributed by atoms with Crippen molar-refractivity contribution in [2.75, 3.05) is 32.2 Å². The number of ether oxygens (including phenoxy) is 2. The fourth-order valence-corrected chi connectivity index (χ4v) is 5.59. The molecule has 1 aromatic rings. The Balaban J connectivity index is 1.62. The predicted octanol–water partition coefficient (Wildman–Crippen LogP) is 3.14. The lowest BCUT2D eigenvalue weighted by atomic mass is 9.71. The molecule has 3 aliphatic rings. The van der Waals surface area contributed by atoms with Gasteiger partial charge in [0.1, 0.15) is 5.82 Å². The van der Waals surface area contributed by atoms with E-state index < -0.39 is 0 Å². The number of methoxy groups -OCH3 is 2. The number of hydrogen-bond acceptors (Lipinski definition) is 6. The SMILES string of the molecule is COc1cc(N2C[C@H]3C[C@@H](C2)[C@H](CCC(C)C)N2C(=O)CCC[C@@H]32)nc(OC)n1. The predicted molar refractivity (Wildman–Crippen MR) is 111 cm³/mol. The first-order valence-corrected chi connectivity index (χ1v) is 11.0. The van der Waals surface area contributed by atoms with Crippen LogP contribution in [-0.4, -0.2) is 60.2 Å². The summed E-state index contributed by atoms with van der Waals surface area (Å²) >= 11 is 0. The van der Waals surface area contributed by atoms with Crippen LogP contribution in [0.4, 0.5) is 5.82 Å². The molecule has 0 saturated carbocycles. The number of carbonyl (C=O) groups is 1. The first kappa shape index (κ1) is 20.2. The van der Waals surface area contributed by atoms with Crippen molar-refractivity contribution in [2.45, 2.75) is 64.5 Å². The van der Waals surface area contributed by atoms with Gasteiger partial charge in [0.25, 0.3) is 0 Å². The fraction of sp³-hybridized carbons (Fsp3) is 0.773. The summed E-state index contributed by atoms with van der Waals surface area (Å²) in [5.74, 6) is 3.40.